The third-order valence-electron chi connectivity index (χ3n) is 3.68. The SMILES string of the molecule is C#CCN(C)Cc1ccc(C(=O)c2ccc(OC)c(OC)c2)cc1. The van der Waals surface area contributed by atoms with Gasteiger partial charge < -0.3 is 9.47 Å². The third-order valence-corrected chi connectivity index (χ3v) is 3.68. The van der Waals surface area contributed by atoms with Crippen molar-refractivity contribution in [2.24, 2.45) is 0 Å². The minimum absolute atomic E-state index is 0.0560. The van der Waals surface area contributed by atoms with Crippen molar-refractivity contribution >= 4 is 5.78 Å². The molecule has 0 N–H and O–H groups in total. The van der Waals surface area contributed by atoms with E-state index in [1.165, 1.54) is 0 Å². The zero-order valence-electron chi connectivity index (χ0n) is 14.2. The molecule has 4 heteroatoms. The molecular weight excluding hydrogens is 302 g/mol. The van der Waals surface area contributed by atoms with E-state index in [-0.39, 0.29) is 5.78 Å². The van der Waals surface area contributed by atoms with E-state index in [1.54, 1.807) is 32.4 Å². The van der Waals surface area contributed by atoms with Gasteiger partial charge in [-0.15, -0.1) is 6.42 Å². The molecule has 0 heterocycles. The molecule has 0 aliphatic carbocycles. The molecule has 0 bridgehead atoms. The van der Waals surface area contributed by atoms with Crippen LogP contribution in [0.15, 0.2) is 42.5 Å². The second kappa shape index (κ2) is 8.19. The predicted octanol–water partition coefficient (Wildman–Crippen LogP) is 3.00. The minimum atomic E-state index is -0.0560. The number of rotatable bonds is 7. The summed E-state index contributed by atoms with van der Waals surface area (Å²) in [7, 11) is 5.07. The lowest BCUT2D eigenvalue weighted by atomic mass is 10.0. The Hall–Kier alpha value is -2.77. The lowest BCUT2D eigenvalue weighted by molar-refractivity contribution is 0.103. The van der Waals surface area contributed by atoms with Gasteiger partial charge >= 0.3 is 0 Å². The molecule has 0 aromatic heterocycles. The van der Waals surface area contributed by atoms with Crippen molar-refractivity contribution in [3.63, 3.8) is 0 Å². The van der Waals surface area contributed by atoms with E-state index in [0.717, 1.165) is 12.1 Å². The molecule has 2 aromatic rings. The molecular formula is C20H21NO3. The van der Waals surface area contributed by atoms with Gasteiger partial charge in [0.05, 0.1) is 20.8 Å². The van der Waals surface area contributed by atoms with Gasteiger partial charge in [-0.05, 0) is 30.8 Å². The van der Waals surface area contributed by atoms with Gasteiger partial charge in [0.25, 0.3) is 0 Å². The van der Waals surface area contributed by atoms with Gasteiger partial charge in [0.2, 0.25) is 0 Å². The fraction of sp³-hybridized carbons (Fsp3) is 0.250. The number of carbonyl (C=O) groups excluding carboxylic acids is 1. The van der Waals surface area contributed by atoms with E-state index in [1.807, 2.05) is 36.2 Å². The van der Waals surface area contributed by atoms with E-state index in [9.17, 15) is 4.79 Å². The zero-order chi connectivity index (χ0) is 17.5. The molecule has 2 rings (SSSR count). The van der Waals surface area contributed by atoms with Crippen molar-refractivity contribution in [1.29, 1.82) is 0 Å². The van der Waals surface area contributed by atoms with Crippen LogP contribution in [-0.2, 0) is 6.54 Å². The van der Waals surface area contributed by atoms with Gasteiger partial charge in [0, 0.05) is 17.7 Å². The number of ketones is 1. The first-order valence-electron chi connectivity index (χ1n) is 7.56. The molecule has 0 amide bonds. The highest BCUT2D eigenvalue weighted by molar-refractivity contribution is 6.09. The summed E-state index contributed by atoms with van der Waals surface area (Å²) in [5.41, 5.74) is 2.30. The van der Waals surface area contributed by atoms with Crippen molar-refractivity contribution in [2.45, 2.75) is 6.54 Å². The van der Waals surface area contributed by atoms with Crippen LogP contribution in [0.1, 0.15) is 21.5 Å². The van der Waals surface area contributed by atoms with Crippen LogP contribution in [0.3, 0.4) is 0 Å². The molecule has 0 aliphatic heterocycles. The Balaban J connectivity index is 2.17. The van der Waals surface area contributed by atoms with E-state index < -0.39 is 0 Å². The molecule has 0 radical (unpaired) electrons. The van der Waals surface area contributed by atoms with Crippen molar-refractivity contribution in [1.82, 2.24) is 4.90 Å². The monoisotopic (exact) mass is 323 g/mol. The van der Waals surface area contributed by atoms with Gasteiger partial charge in [-0.2, -0.15) is 0 Å². The second-order valence-electron chi connectivity index (χ2n) is 5.47. The Morgan fingerprint density at radius 1 is 1.04 bits per heavy atom. The van der Waals surface area contributed by atoms with Gasteiger partial charge in [0.15, 0.2) is 17.3 Å². The van der Waals surface area contributed by atoms with Crippen molar-refractivity contribution in [3.8, 4) is 23.8 Å². The summed E-state index contributed by atoms with van der Waals surface area (Å²) in [4.78, 5) is 14.6. The van der Waals surface area contributed by atoms with Crippen LogP contribution in [0.2, 0.25) is 0 Å². The van der Waals surface area contributed by atoms with Gasteiger partial charge in [-0.3, -0.25) is 9.69 Å². The topological polar surface area (TPSA) is 38.8 Å². The van der Waals surface area contributed by atoms with E-state index in [0.29, 0.717) is 29.2 Å². The van der Waals surface area contributed by atoms with Crippen molar-refractivity contribution in [2.75, 3.05) is 27.8 Å². The summed E-state index contributed by atoms with van der Waals surface area (Å²) >= 11 is 0. The number of hydrogen-bond donors (Lipinski definition) is 0. The second-order valence-corrected chi connectivity index (χ2v) is 5.47. The standard InChI is InChI=1S/C20H21NO3/c1-5-12-21(2)14-15-6-8-16(9-7-15)20(22)17-10-11-18(23-3)19(13-17)24-4/h1,6-11,13H,12,14H2,2-4H3. The first-order valence-corrected chi connectivity index (χ1v) is 7.56. The highest BCUT2D eigenvalue weighted by atomic mass is 16.5. The minimum Gasteiger partial charge on any atom is -0.493 e. The van der Waals surface area contributed by atoms with Crippen molar-refractivity contribution in [3.05, 3.63) is 59.2 Å². The molecule has 4 nitrogen and oxygen atoms in total. The lowest BCUT2D eigenvalue weighted by Gasteiger charge is -2.13. The fourth-order valence-corrected chi connectivity index (χ4v) is 2.43. The summed E-state index contributed by atoms with van der Waals surface area (Å²) in [5.74, 6) is 3.69. The fourth-order valence-electron chi connectivity index (χ4n) is 2.43. The van der Waals surface area contributed by atoms with Gasteiger partial charge in [-0.25, -0.2) is 0 Å². The predicted molar refractivity (Wildman–Crippen MR) is 94.6 cm³/mol. The number of terminal acetylenes is 1. The van der Waals surface area contributed by atoms with E-state index in [4.69, 9.17) is 15.9 Å². The quantitative estimate of drug-likeness (QED) is 0.580. The Labute approximate surface area is 143 Å². The number of ether oxygens (including phenoxy) is 2. The van der Waals surface area contributed by atoms with Gasteiger partial charge in [0.1, 0.15) is 0 Å². The van der Waals surface area contributed by atoms with Crippen LogP contribution in [0.5, 0.6) is 11.5 Å². The molecule has 124 valence electrons. The van der Waals surface area contributed by atoms with Gasteiger partial charge in [-0.1, -0.05) is 30.2 Å². The van der Waals surface area contributed by atoms with Crippen molar-refractivity contribution < 1.29 is 14.3 Å². The molecule has 0 aliphatic rings. The maximum absolute atomic E-state index is 12.6. The number of carbonyl (C=O) groups is 1. The summed E-state index contributed by atoms with van der Waals surface area (Å²) in [6, 6.07) is 12.7. The van der Waals surface area contributed by atoms with Crippen LogP contribution in [0.4, 0.5) is 0 Å². The molecule has 0 fully saturated rings. The highest BCUT2D eigenvalue weighted by Crippen LogP contribution is 2.28. The average molecular weight is 323 g/mol. The molecule has 24 heavy (non-hydrogen) atoms. The van der Waals surface area contributed by atoms with Crippen LogP contribution in [-0.4, -0.2) is 38.5 Å². The number of methoxy groups -OCH3 is 2. The first kappa shape index (κ1) is 17.6. The summed E-state index contributed by atoms with van der Waals surface area (Å²) in [5, 5.41) is 0. The Morgan fingerprint density at radius 2 is 1.67 bits per heavy atom. The summed E-state index contributed by atoms with van der Waals surface area (Å²) in [6.45, 7) is 1.33. The number of benzene rings is 2. The summed E-state index contributed by atoms with van der Waals surface area (Å²) in [6.07, 6.45) is 5.30. The van der Waals surface area contributed by atoms with E-state index >= 15 is 0 Å². The molecule has 0 atom stereocenters. The summed E-state index contributed by atoms with van der Waals surface area (Å²) < 4.78 is 10.4. The molecule has 0 unspecified atom stereocenters. The molecule has 0 saturated heterocycles. The van der Waals surface area contributed by atoms with E-state index in [2.05, 4.69) is 5.92 Å². The Bertz CT molecular complexity index is 744. The zero-order valence-corrected chi connectivity index (χ0v) is 14.2. The van der Waals surface area contributed by atoms with Crippen LogP contribution in [0, 0.1) is 12.3 Å². The maximum Gasteiger partial charge on any atom is 0.193 e. The normalized spacial score (nSPS) is 10.3. The smallest absolute Gasteiger partial charge is 0.193 e. The Morgan fingerprint density at radius 3 is 2.25 bits per heavy atom. The molecule has 2 aromatic carbocycles. The highest BCUT2D eigenvalue weighted by Gasteiger charge is 2.13. The first-order chi connectivity index (χ1) is 11.6. The number of nitrogens with zero attached hydrogens (tertiary/aromatic N) is 1. The lowest BCUT2D eigenvalue weighted by Crippen LogP contribution is -2.17. The average Bonchev–Trinajstić information content (AvgIpc) is 2.61. The maximum atomic E-state index is 12.6. The van der Waals surface area contributed by atoms with Crippen LogP contribution >= 0.6 is 0 Å². The van der Waals surface area contributed by atoms with Crippen LogP contribution < -0.4 is 9.47 Å². The molecule has 0 saturated carbocycles. The number of hydrogen-bond acceptors (Lipinski definition) is 4. The molecule has 0 spiro atoms. The third kappa shape index (κ3) is 4.15. The largest absolute Gasteiger partial charge is 0.493 e. The Kier molecular flexibility index (Phi) is 6.00. The van der Waals surface area contributed by atoms with Crippen LogP contribution in [0.25, 0.3) is 0 Å².